The molecule has 1 aromatic heterocycles. The Hall–Kier alpha value is -4.50. The summed E-state index contributed by atoms with van der Waals surface area (Å²) in [7, 11) is 0. The molecule has 8 nitrogen and oxygen atoms in total. The average Bonchev–Trinajstić information content (AvgIpc) is 3.43. The third kappa shape index (κ3) is 8.59. The Kier molecular flexibility index (Phi) is 8.98. The molecule has 190 valence electrons. The average molecular weight is 503 g/mol. The van der Waals surface area contributed by atoms with Crippen molar-refractivity contribution < 1.29 is 23.5 Å². The first kappa shape index (κ1) is 25.6. The number of nitrogens with zero attached hydrogens (tertiary/aromatic N) is 1. The van der Waals surface area contributed by atoms with E-state index in [4.69, 9.17) is 9.47 Å². The zero-order valence-electron chi connectivity index (χ0n) is 20.0. The Bertz CT molecular complexity index is 1260. The second-order valence-electron chi connectivity index (χ2n) is 8.26. The van der Waals surface area contributed by atoms with E-state index in [9.17, 15) is 14.0 Å². The van der Waals surface area contributed by atoms with E-state index in [1.807, 2.05) is 30.3 Å². The number of rotatable bonds is 12. The van der Waals surface area contributed by atoms with Gasteiger partial charge in [0.15, 0.2) is 0 Å². The summed E-state index contributed by atoms with van der Waals surface area (Å²) in [4.78, 5) is 32.2. The number of anilines is 1. The summed E-state index contributed by atoms with van der Waals surface area (Å²) in [6.45, 7) is 0.245. The van der Waals surface area contributed by atoms with Crippen LogP contribution in [0.5, 0.6) is 11.5 Å². The number of hydrogen-bond donors (Lipinski definition) is 3. The molecule has 37 heavy (non-hydrogen) atoms. The summed E-state index contributed by atoms with van der Waals surface area (Å²) >= 11 is 0. The summed E-state index contributed by atoms with van der Waals surface area (Å²) in [5.41, 5.74) is 2.33. The summed E-state index contributed by atoms with van der Waals surface area (Å²) in [6.07, 6.45) is 3.07. The highest BCUT2D eigenvalue weighted by Crippen LogP contribution is 2.23. The smallest absolute Gasteiger partial charge is 0.228 e. The first-order valence-electron chi connectivity index (χ1n) is 11.8. The van der Waals surface area contributed by atoms with Crippen molar-refractivity contribution in [1.29, 1.82) is 0 Å². The van der Waals surface area contributed by atoms with Gasteiger partial charge in [0, 0.05) is 24.0 Å². The van der Waals surface area contributed by atoms with Crippen molar-refractivity contribution in [2.24, 2.45) is 0 Å². The molecule has 0 unspecified atom stereocenters. The number of ether oxygens (including phenoxy) is 2. The van der Waals surface area contributed by atoms with Crippen molar-refractivity contribution in [3.8, 4) is 11.5 Å². The fourth-order valence-electron chi connectivity index (χ4n) is 3.47. The van der Waals surface area contributed by atoms with Gasteiger partial charge in [-0.15, -0.1) is 0 Å². The number of nitrogens with one attached hydrogen (secondary N) is 3. The quantitative estimate of drug-likeness (QED) is 0.238. The largest absolute Gasteiger partial charge is 0.457 e. The molecule has 3 N–H and O–H groups in total. The maximum Gasteiger partial charge on any atom is 0.228 e. The fraction of sp³-hybridized carbons (Fsp3) is 0.179. The normalized spacial score (nSPS) is 11.5. The third-order valence-electron chi connectivity index (χ3n) is 5.35. The van der Waals surface area contributed by atoms with Crippen LogP contribution in [0, 0.1) is 5.82 Å². The molecule has 0 bridgehead atoms. The van der Waals surface area contributed by atoms with Gasteiger partial charge in [0.25, 0.3) is 0 Å². The number of carbonyl (C=O) groups excluding carboxylic acids is 2. The maximum atomic E-state index is 13.1. The Morgan fingerprint density at radius 1 is 0.919 bits per heavy atom. The van der Waals surface area contributed by atoms with Gasteiger partial charge in [0.1, 0.15) is 23.5 Å². The van der Waals surface area contributed by atoms with Crippen LogP contribution in [0.2, 0.25) is 0 Å². The molecule has 4 rings (SSSR count). The van der Waals surface area contributed by atoms with Crippen molar-refractivity contribution in [3.63, 3.8) is 0 Å². The monoisotopic (exact) mass is 502 g/mol. The molecular formula is C28H27FN4O4. The molecule has 0 aliphatic carbocycles. The number of aryl methyl sites for hydroxylation is 1. The molecule has 1 heterocycles. The molecule has 9 heteroatoms. The van der Waals surface area contributed by atoms with Gasteiger partial charge in [-0.05, 0) is 60.5 Å². The Morgan fingerprint density at radius 2 is 1.62 bits per heavy atom. The van der Waals surface area contributed by atoms with E-state index in [0.717, 1.165) is 11.3 Å². The number of amides is 2. The first-order valence-corrected chi connectivity index (χ1v) is 11.8. The minimum Gasteiger partial charge on any atom is -0.457 e. The molecule has 0 saturated carbocycles. The number of hydrogen-bond acceptors (Lipinski definition) is 5. The molecule has 2 amide bonds. The van der Waals surface area contributed by atoms with Gasteiger partial charge < -0.3 is 25.1 Å². The van der Waals surface area contributed by atoms with Crippen molar-refractivity contribution in [2.75, 3.05) is 5.32 Å². The van der Waals surface area contributed by atoms with Crippen molar-refractivity contribution in [1.82, 2.24) is 15.3 Å². The van der Waals surface area contributed by atoms with Crippen LogP contribution >= 0.6 is 0 Å². The van der Waals surface area contributed by atoms with E-state index in [2.05, 4.69) is 20.6 Å². The predicted octanol–water partition coefficient (Wildman–Crippen LogP) is 4.96. The Morgan fingerprint density at radius 3 is 2.30 bits per heavy atom. The van der Waals surface area contributed by atoms with Gasteiger partial charge >= 0.3 is 0 Å². The van der Waals surface area contributed by atoms with Crippen LogP contribution in [0.3, 0.4) is 0 Å². The number of benzene rings is 3. The van der Waals surface area contributed by atoms with E-state index < -0.39 is 6.23 Å². The number of halogens is 1. The van der Waals surface area contributed by atoms with Gasteiger partial charge in [-0.2, -0.15) is 0 Å². The molecule has 0 aliphatic rings. The molecule has 0 spiro atoms. The van der Waals surface area contributed by atoms with Gasteiger partial charge in [-0.25, -0.2) is 9.37 Å². The van der Waals surface area contributed by atoms with Crippen molar-refractivity contribution in [3.05, 3.63) is 108 Å². The highest BCUT2D eigenvalue weighted by molar-refractivity contribution is 5.91. The molecule has 1 atom stereocenters. The minimum absolute atomic E-state index is 0.0730. The minimum atomic E-state index is -0.810. The van der Waals surface area contributed by atoms with E-state index in [-0.39, 0.29) is 37.1 Å². The highest BCUT2D eigenvalue weighted by Gasteiger charge is 2.18. The highest BCUT2D eigenvalue weighted by atomic mass is 19.1. The SMILES string of the molecule is O=C(C[C@@H](NC(=O)CCc1cnc[nH]1)OCc1ccccc1)Nc1ccc(Oc2ccc(F)cc2)cc1. The van der Waals surface area contributed by atoms with E-state index in [1.54, 1.807) is 36.8 Å². The summed E-state index contributed by atoms with van der Waals surface area (Å²) in [6, 6.07) is 22.0. The predicted molar refractivity (Wildman–Crippen MR) is 136 cm³/mol. The lowest BCUT2D eigenvalue weighted by Crippen LogP contribution is -2.39. The second kappa shape index (κ2) is 13.0. The number of aromatic amines is 1. The van der Waals surface area contributed by atoms with E-state index >= 15 is 0 Å². The van der Waals surface area contributed by atoms with Gasteiger partial charge in [0.05, 0.1) is 19.4 Å². The van der Waals surface area contributed by atoms with Crippen molar-refractivity contribution in [2.45, 2.75) is 32.1 Å². The fourth-order valence-corrected chi connectivity index (χ4v) is 3.47. The van der Waals surface area contributed by atoms with E-state index in [0.29, 0.717) is 23.6 Å². The number of aromatic nitrogens is 2. The summed E-state index contributed by atoms with van der Waals surface area (Å²) in [5.74, 6) is 0.144. The Labute approximate surface area is 213 Å². The van der Waals surface area contributed by atoms with Crippen LogP contribution in [0.15, 0.2) is 91.4 Å². The topological polar surface area (TPSA) is 105 Å². The standard InChI is InChI=1S/C28H27FN4O4/c29-21-6-11-24(12-7-21)37-25-13-8-22(9-14-25)32-27(35)16-28(36-18-20-4-2-1-3-5-20)33-26(34)15-10-23-17-30-19-31-23/h1-9,11-14,17,19,28H,10,15-16,18H2,(H,30,31)(H,32,35)(H,33,34)/t28-/m0/s1. The van der Waals surface area contributed by atoms with Crippen LogP contribution in [-0.2, 0) is 27.4 Å². The van der Waals surface area contributed by atoms with Crippen LogP contribution in [-0.4, -0.2) is 28.0 Å². The van der Waals surface area contributed by atoms with Crippen LogP contribution < -0.4 is 15.4 Å². The first-order chi connectivity index (χ1) is 18.0. The van der Waals surface area contributed by atoms with Gasteiger partial charge in [0.2, 0.25) is 11.8 Å². The molecule has 3 aromatic carbocycles. The maximum absolute atomic E-state index is 13.1. The van der Waals surface area contributed by atoms with E-state index in [1.165, 1.54) is 24.3 Å². The second-order valence-corrected chi connectivity index (χ2v) is 8.26. The molecule has 0 radical (unpaired) electrons. The lowest BCUT2D eigenvalue weighted by Gasteiger charge is -2.19. The van der Waals surface area contributed by atoms with Crippen LogP contribution in [0.25, 0.3) is 0 Å². The zero-order valence-corrected chi connectivity index (χ0v) is 20.0. The lowest BCUT2D eigenvalue weighted by atomic mass is 10.2. The van der Waals surface area contributed by atoms with Crippen LogP contribution in [0.1, 0.15) is 24.1 Å². The molecular weight excluding hydrogens is 475 g/mol. The molecule has 0 aliphatic heterocycles. The number of imidazole rings is 1. The Balaban J connectivity index is 1.31. The van der Waals surface area contributed by atoms with Gasteiger partial charge in [-0.1, -0.05) is 30.3 Å². The third-order valence-corrected chi connectivity index (χ3v) is 5.35. The summed E-state index contributed by atoms with van der Waals surface area (Å²) in [5, 5.41) is 5.61. The zero-order chi connectivity index (χ0) is 25.9. The number of carbonyl (C=O) groups is 2. The van der Waals surface area contributed by atoms with Crippen LogP contribution in [0.4, 0.5) is 10.1 Å². The van der Waals surface area contributed by atoms with Crippen molar-refractivity contribution >= 4 is 17.5 Å². The number of H-pyrrole nitrogens is 1. The molecule has 0 saturated heterocycles. The molecule has 4 aromatic rings. The summed E-state index contributed by atoms with van der Waals surface area (Å²) < 4.78 is 24.6. The molecule has 0 fully saturated rings. The van der Waals surface area contributed by atoms with Gasteiger partial charge in [-0.3, -0.25) is 9.59 Å². The lowest BCUT2D eigenvalue weighted by molar-refractivity contribution is -0.128.